The van der Waals surface area contributed by atoms with Crippen molar-refractivity contribution in [3.63, 3.8) is 0 Å². The highest BCUT2D eigenvalue weighted by Gasteiger charge is 1.92. The fourth-order valence-corrected chi connectivity index (χ4v) is 0.243. The van der Waals surface area contributed by atoms with Crippen LogP contribution in [-0.2, 0) is 0 Å². The first-order valence-electron chi connectivity index (χ1n) is 2.97. The van der Waals surface area contributed by atoms with Crippen LogP contribution in [0.4, 0.5) is 19.2 Å². The van der Waals surface area contributed by atoms with Crippen LogP contribution in [0.3, 0.4) is 0 Å². The van der Waals surface area contributed by atoms with Crippen molar-refractivity contribution in [2.45, 2.75) is 14.9 Å². The zero-order chi connectivity index (χ0) is 11.7. The molecule has 0 saturated carbocycles. The maximum Gasteiger partial charge on any atom is 0.320 e. The summed E-state index contributed by atoms with van der Waals surface area (Å²) in [5, 5.41) is 3.17. The zero-order valence-electron chi connectivity index (χ0n) is 6.94. The molecule has 0 saturated heterocycles. The minimum absolute atomic E-state index is 0. The lowest BCUT2D eigenvalue weighted by atomic mass is 10.9. The van der Waals surface area contributed by atoms with Gasteiger partial charge in [-0.05, 0) is 0 Å². The first-order valence-corrected chi connectivity index (χ1v) is 2.97. The Bertz CT molecular complexity index is 203. The molecule has 10 heteroatoms. The van der Waals surface area contributed by atoms with Gasteiger partial charge in [-0.3, -0.25) is 10.6 Å². The molecule has 0 aliphatic heterocycles. The summed E-state index contributed by atoms with van der Waals surface area (Å²) >= 11 is 0. The van der Waals surface area contributed by atoms with E-state index in [1.54, 1.807) is 10.6 Å². The lowest BCUT2D eigenvalue weighted by Gasteiger charge is -1.88. The number of primary amides is 4. The van der Waals surface area contributed by atoms with Crippen LogP contribution < -0.4 is 33.6 Å². The number of urea groups is 4. The maximum atomic E-state index is 9.62. The van der Waals surface area contributed by atoms with E-state index in [9.17, 15) is 19.2 Å². The van der Waals surface area contributed by atoms with Gasteiger partial charge in [0.15, 0.2) is 0 Å². The molecule has 8 amide bonds. The summed E-state index contributed by atoms with van der Waals surface area (Å²) in [6.45, 7) is 0. The Hall–Kier alpha value is -2.52. The molecule has 10 nitrogen and oxygen atoms in total. The molecule has 0 spiro atoms. The molecular formula is C6H18N6O4. The molecule has 0 aliphatic carbocycles. The minimum atomic E-state index is -0.938. The van der Waals surface area contributed by atoms with Crippen molar-refractivity contribution >= 4 is 24.1 Å². The summed E-state index contributed by atoms with van der Waals surface area (Å²) in [4.78, 5) is 38.5. The van der Waals surface area contributed by atoms with Crippen molar-refractivity contribution in [3.8, 4) is 0 Å². The second-order valence-corrected chi connectivity index (χ2v) is 1.71. The van der Waals surface area contributed by atoms with Crippen LogP contribution in [0.25, 0.3) is 0 Å². The van der Waals surface area contributed by atoms with Gasteiger partial charge in [-0.1, -0.05) is 14.9 Å². The van der Waals surface area contributed by atoms with Gasteiger partial charge in [-0.25, -0.2) is 19.2 Å². The second-order valence-electron chi connectivity index (χ2n) is 1.71. The number of rotatable bonds is 0. The van der Waals surface area contributed by atoms with Crippen LogP contribution in [0.5, 0.6) is 0 Å². The van der Waals surface area contributed by atoms with E-state index in [1.807, 2.05) is 0 Å². The summed E-state index contributed by atoms with van der Waals surface area (Å²) in [5.74, 6) is 0. The third-order valence-corrected chi connectivity index (χ3v) is 0.493. The van der Waals surface area contributed by atoms with E-state index in [0.29, 0.717) is 0 Å². The molecule has 0 unspecified atom stereocenters. The molecule has 0 heterocycles. The zero-order valence-corrected chi connectivity index (χ0v) is 6.94. The van der Waals surface area contributed by atoms with Crippen LogP contribution in [0.2, 0.25) is 0 Å². The Morgan fingerprint density at radius 3 is 0.688 bits per heavy atom. The van der Waals surface area contributed by atoms with E-state index < -0.39 is 24.1 Å². The number of nitrogens with two attached hydrogens (primary N) is 4. The predicted octanol–water partition coefficient (Wildman–Crippen LogP) is -1.26. The molecule has 0 aromatic heterocycles. The van der Waals surface area contributed by atoms with Crippen molar-refractivity contribution in [1.29, 1.82) is 0 Å². The van der Waals surface area contributed by atoms with E-state index in [1.165, 1.54) is 0 Å². The average Bonchev–Trinajstić information content (AvgIpc) is 1.79. The Morgan fingerprint density at radius 1 is 0.562 bits per heavy atom. The summed E-state index contributed by atoms with van der Waals surface area (Å²) in [5.41, 5.74) is 17.8. The van der Waals surface area contributed by atoms with Gasteiger partial charge in [-0.2, -0.15) is 0 Å². The molecule has 0 fully saturated rings. The highest BCUT2D eigenvalue weighted by Crippen LogP contribution is 1.52. The molecule has 0 aliphatic rings. The van der Waals surface area contributed by atoms with Gasteiger partial charge in [0.1, 0.15) is 0 Å². The number of carbonyl (C=O) groups is 4. The third-order valence-electron chi connectivity index (χ3n) is 0.493. The van der Waals surface area contributed by atoms with Gasteiger partial charge >= 0.3 is 24.1 Å². The highest BCUT2D eigenvalue weighted by molar-refractivity contribution is 5.91. The quantitative estimate of drug-likeness (QED) is 0.306. The van der Waals surface area contributed by atoms with E-state index in [0.717, 1.165) is 0 Å². The third kappa shape index (κ3) is 42.0. The van der Waals surface area contributed by atoms with E-state index in [-0.39, 0.29) is 14.9 Å². The van der Waals surface area contributed by atoms with Gasteiger partial charge in [-0.15, -0.1) is 0 Å². The molecular weight excluding hydrogens is 220 g/mol. The molecule has 0 aromatic rings. The SMILES string of the molecule is C.C.NC(=O)NC(N)=O.NC(=O)NC(N)=O. The Balaban J connectivity index is -0.0000000800. The number of hydrogen-bond donors (Lipinski definition) is 6. The van der Waals surface area contributed by atoms with Gasteiger partial charge in [0.25, 0.3) is 0 Å². The van der Waals surface area contributed by atoms with Crippen LogP contribution >= 0.6 is 0 Å². The summed E-state index contributed by atoms with van der Waals surface area (Å²) in [6.07, 6.45) is 0. The van der Waals surface area contributed by atoms with Crippen LogP contribution in [0.15, 0.2) is 0 Å². The molecule has 0 aromatic carbocycles. The Labute approximate surface area is 92.7 Å². The van der Waals surface area contributed by atoms with Gasteiger partial charge in [0, 0.05) is 0 Å². The van der Waals surface area contributed by atoms with E-state index >= 15 is 0 Å². The molecule has 10 N–H and O–H groups in total. The first-order chi connectivity index (χ1) is 6.25. The number of imide groups is 2. The fourth-order valence-electron chi connectivity index (χ4n) is 0.243. The lowest BCUT2D eigenvalue weighted by Crippen LogP contribution is -2.38. The number of carbonyl (C=O) groups excluding carboxylic acids is 4. The normalized spacial score (nSPS) is 6.50. The maximum absolute atomic E-state index is 9.62. The average molecular weight is 238 g/mol. The minimum Gasteiger partial charge on any atom is -0.351 e. The second kappa shape index (κ2) is 12.5. The standard InChI is InChI=1S/2C2H5N3O2.2CH4/c2*3-1(6)5-2(4)7;;/h2*(H5,3,4,5,6,7);2*1H4. The van der Waals surface area contributed by atoms with Crippen molar-refractivity contribution in [3.05, 3.63) is 0 Å². The Morgan fingerprint density at radius 2 is 0.688 bits per heavy atom. The molecule has 0 radical (unpaired) electrons. The summed E-state index contributed by atoms with van der Waals surface area (Å²) in [7, 11) is 0. The Kier molecular flexibility index (Phi) is 18.2. The monoisotopic (exact) mass is 238 g/mol. The van der Waals surface area contributed by atoms with Crippen molar-refractivity contribution in [2.75, 3.05) is 0 Å². The van der Waals surface area contributed by atoms with Crippen molar-refractivity contribution in [1.82, 2.24) is 10.6 Å². The number of nitrogens with one attached hydrogen (secondary N) is 2. The molecule has 0 rings (SSSR count). The van der Waals surface area contributed by atoms with Gasteiger partial charge < -0.3 is 22.9 Å². The summed E-state index contributed by atoms with van der Waals surface area (Å²) < 4.78 is 0. The van der Waals surface area contributed by atoms with E-state index in [2.05, 4.69) is 22.9 Å². The first kappa shape index (κ1) is 23.4. The van der Waals surface area contributed by atoms with Crippen molar-refractivity contribution in [2.24, 2.45) is 22.9 Å². The topological polar surface area (TPSA) is 196 Å². The number of amides is 8. The van der Waals surface area contributed by atoms with Crippen LogP contribution in [0, 0.1) is 0 Å². The van der Waals surface area contributed by atoms with E-state index in [4.69, 9.17) is 0 Å². The van der Waals surface area contributed by atoms with Crippen molar-refractivity contribution < 1.29 is 19.2 Å². The smallest absolute Gasteiger partial charge is 0.320 e. The lowest BCUT2D eigenvalue weighted by molar-refractivity contribution is 0.235. The highest BCUT2D eigenvalue weighted by atomic mass is 16.2. The predicted molar refractivity (Wildman–Crippen MR) is 58.1 cm³/mol. The molecule has 0 atom stereocenters. The molecule has 96 valence electrons. The summed E-state index contributed by atoms with van der Waals surface area (Å²) in [6, 6.07) is -3.75. The van der Waals surface area contributed by atoms with Crippen LogP contribution in [-0.4, -0.2) is 24.1 Å². The fraction of sp³-hybridized carbons (Fsp3) is 0.333. The molecule has 16 heavy (non-hydrogen) atoms. The van der Waals surface area contributed by atoms with Gasteiger partial charge in [0.2, 0.25) is 0 Å². The van der Waals surface area contributed by atoms with Gasteiger partial charge in [0.05, 0.1) is 0 Å². The molecule has 0 bridgehead atoms. The largest absolute Gasteiger partial charge is 0.351 e. The van der Waals surface area contributed by atoms with Crippen LogP contribution in [0.1, 0.15) is 14.9 Å². The number of hydrogen-bond acceptors (Lipinski definition) is 4.